The molecule has 4 rings (SSSR count). The van der Waals surface area contributed by atoms with Crippen molar-refractivity contribution in [1.29, 1.82) is 0 Å². The van der Waals surface area contributed by atoms with Gasteiger partial charge < -0.3 is 14.8 Å². The molecule has 0 amide bonds. The number of H-pyrrole nitrogens is 1. The van der Waals surface area contributed by atoms with Gasteiger partial charge >= 0.3 is 0 Å². The van der Waals surface area contributed by atoms with Crippen LogP contribution in [0.2, 0.25) is 0 Å². The molecule has 138 valence electrons. The number of nitrogens with zero attached hydrogens (tertiary/aromatic N) is 5. The molecule has 0 aliphatic carbocycles. The van der Waals surface area contributed by atoms with Crippen LogP contribution in [0.3, 0.4) is 0 Å². The van der Waals surface area contributed by atoms with Crippen molar-refractivity contribution >= 4 is 41.3 Å². The molecular weight excluding hydrogens is 372 g/mol. The predicted octanol–water partition coefficient (Wildman–Crippen LogP) is 2.13. The lowest BCUT2D eigenvalue weighted by molar-refractivity contribution is 0.0474. The maximum Gasteiger partial charge on any atom is 0.212 e. The Bertz CT molecular complexity index is 876. The maximum absolute atomic E-state index is 5.56. The first-order chi connectivity index (χ1) is 12.7. The molecule has 1 aliphatic heterocycles. The van der Waals surface area contributed by atoms with Gasteiger partial charge in [0.15, 0.2) is 17.3 Å². The van der Waals surface area contributed by atoms with Crippen LogP contribution in [0.25, 0.3) is 11.2 Å². The van der Waals surface area contributed by atoms with Gasteiger partial charge in [-0.15, -0.1) is 0 Å². The largest absolute Gasteiger partial charge is 0.467 e. The van der Waals surface area contributed by atoms with Crippen LogP contribution < -0.4 is 10.1 Å². The summed E-state index contributed by atoms with van der Waals surface area (Å²) in [6, 6.07) is 1.77. The minimum absolute atomic E-state index is 0.0856. The molecule has 2 N–H and O–H groups in total. The number of hydrogen-bond acceptors (Lipinski definition) is 7. The minimum atomic E-state index is -0.0856. The zero-order valence-electron chi connectivity index (χ0n) is 14.1. The van der Waals surface area contributed by atoms with Gasteiger partial charge in [0.25, 0.3) is 0 Å². The van der Waals surface area contributed by atoms with Crippen LogP contribution in [0.4, 0.5) is 11.6 Å². The third-order valence-electron chi connectivity index (χ3n) is 4.10. The van der Waals surface area contributed by atoms with E-state index in [1.807, 2.05) is 4.68 Å². The maximum atomic E-state index is 5.56. The Morgan fingerprint density at radius 3 is 3.12 bits per heavy atom. The lowest BCUT2D eigenvalue weighted by atomic mass is 10.0. The fraction of sp³-hybridized carbons (Fsp3) is 0.467. The van der Waals surface area contributed by atoms with Gasteiger partial charge in [0.05, 0.1) is 19.0 Å². The van der Waals surface area contributed by atoms with Gasteiger partial charge in [0.2, 0.25) is 5.88 Å². The molecule has 2 unspecified atom stereocenters. The summed E-state index contributed by atoms with van der Waals surface area (Å²) in [5.41, 5.74) is 1.44. The van der Waals surface area contributed by atoms with Crippen LogP contribution in [0, 0.1) is 5.92 Å². The number of aromatic amines is 1. The second-order valence-electron chi connectivity index (χ2n) is 6.20. The van der Waals surface area contributed by atoms with Crippen molar-refractivity contribution in [3.05, 3.63) is 18.5 Å². The van der Waals surface area contributed by atoms with Crippen molar-refractivity contribution in [3.63, 3.8) is 0 Å². The van der Waals surface area contributed by atoms with Gasteiger partial charge in [-0.25, -0.2) is 19.7 Å². The zero-order chi connectivity index (χ0) is 17.9. The summed E-state index contributed by atoms with van der Waals surface area (Å²) >= 11 is 0. The van der Waals surface area contributed by atoms with Crippen LogP contribution in [0.15, 0.2) is 18.5 Å². The lowest BCUT2D eigenvalue weighted by Gasteiger charge is -2.21. The van der Waals surface area contributed by atoms with Crippen LogP contribution in [-0.2, 0) is 11.3 Å². The second kappa shape index (κ2) is 7.82. The van der Waals surface area contributed by atoms with E-state index in [0.717, 1.165) is 43.8 Å². The van der Waals surface area contributed by atoms with Gasteiger partial charge in [-0.3, -0.25) is 0 Å². The van der Waals surface area contributed by atoms with E-state index in [-0.39, 0.29) is 5.59 Å². The first-order valence-corrected chi connectivity index (χ1v) is 9.77. The topological polar surface area (TPSA) is 103 Å². The highest BCUT2D eigenvalue weighted by Crippen LogP contribution is 2.22. The fourth-order valence-electron chi connectivity index (χ4n) is 2.94. The van der Waals surface area contributed by atoms with E-state index in [1.54, 1.807) is 18.5 Å². The Kier molecular flexibility index (Phi) is 5.29. The molecule has 4 heterocycles. The minimum Gasteiger partial charge on any atom is -0.467 e. The Morgan fingerprint density at radius 2 is 2.31 bits per heavy atom. The predicted molar refractivity (Wildman–Crippen MR) is 105 cm³/mol. The van der Waals surface area contributed by atoms with E-state index < -0.39 is 0 Å². The molecule has 1 saturated heterocycles. The molecule has 11 heteroatoms. The second-order valence-corrected chi connectivity index (χ2v) is 8.28. The van der Waals surface area contributed by atoms with E-state index in [0.29, 0.717) is 23.4 Å². The molecule has 3 aromatic rings. The Morgan fingerprint density at radius 1 is 1.38 bits per heavy atom. The Hall–Kier alpha value is -1.82. The van der Waals surface area contributed by atoms with Crippen LogP contribution in [0.1, 0.15) is 12.8 Å². The van der Waals surface area contributed by atoms with Gasteiger partial charge in [0.1, 0.15) is 11.1 Å². The molecule has 3 aromatic heterocycles. The molecule has 0 aromatic carbocycles. The number of hydrogen-bond donors (Lipinski definition) is 2. The van der Waals surface area contributed by atoms with Crippen molar-refractivity contribution < 1.29 is 9.47 Å². The molecule has 9 nitrogen and oxygen atoms in total. The summed E-state index contributed by atoms with van der Waals surface area (Å²) in [4.78, 5) is 9.08. The van der Waals surface area contributed by atoms with Gasteiger partial charge in [-0.05, 0) is 12.8 Å². The monoisotopic (exact) mass is 393 g/mol. The summed E-state index contributed by atoms with van der Waals surface area (Å²) in [6.07, 6.45) is 5.66. The van der Waals surface area contributed by atoms with Crippen LogP contribution in [0.5, 0.6) is 5.88 Å². The van der Waals surface area contributed by atoms with Crippen molar-refractivity contribution in [2.24, 2.45) is 5.92 Å². The number of fused-ring (bicyclic) bond motifs is 1. The zero-order valence-corrected chi connectivity index (χ0v) is 16.4. The Balaban J connectivity index is 1.51. The standard InChI is InChI=1S/C15H21N7O2P2/c25-15(26)24-13-4-11(20-21-13)18-12-6-16-10-5-17-22(14(10)19-12)7-9-2-1-3-23-8-9/h4-6,9,15H,1-3,7-8,25-26H2,(H2,18,19,20,21)/t9-/m1/s1. The number of nitrogens with one attached hydrogen (secondary N) is 2. The van der Waals surface area contributed by atoms with Crippen LogP contribution in [-0.4, -0.2) is 48.7 Å². The van der Waals surface area contributed by atoms with Crippen molar-refractivity contribution in [2.75, 3.05) is 18.5 Å². The summed E-state index contributed by atoms with van der Waals surface area (Å²) < 4.78 is 13.0. The third kappa shape index (κ3) is 4.11. The quantitative estimate of drug-likeness (QED) is 0.619. The van der Waals surface area contributed by atoms with E-state index >= 15 is 0 Å². The molecule has 3 atom stereocenters. The Labute approximate surface area is 155 Å². The average Bonchev–Trinajstić information content (AvgIpc) is 3.22. The number of ether oxygens (including phenoxy) is 2. The summed E-state index contributed by atoms with van der Waals surface area (Å²) in [7, 11) is 5.07. The van der Waals surface area contributed by atoms with Gasteiger partial charge in [-0.1, -0.05) is 18.5 Å². The van der Waals surface area contributed by atoms with Crippen LogP contribution >= 0.6 is 18.5 Å². The van der Waals surface area contributed by atoms with E-state index in [2.05, 4.69) is 49.1 Å². The van der Waals surface area contributed by atoms with Gasteiger partial charge in [0, 0.05) is 25.1 Å². The number of aromatic nitrogens is 6. The third-order valence-corrected chi connectivity index (χ3v) is 4.38. The fourth-order valence-corrected chi connectivity index (χ4v) is 3.24. The lowest BCUT2D eigenvalue weighted by Crippen LogP contribution is -2.22. The van der Waals surface area contributed by atoms with E-state index in [9.17, 15) is 0 Å². The smallest absolute Gasteiger partial charge is 0.212 e. The molecule has 1 aliphatic rings. The number of anilines is 2. The van der Waals surface area contributed by atoms with Gasteiger partial charge in [-0.2, -0.15) is 10.2 Å². The molecule has 1 fully saturated rings. The highest BCUT2D eigenvalue weighted by Gasteiger charge is 2.17. The van der Waals surface area contributed by atoms with E-state index in [1.165, 1.54) is 0 Å². The van der Waals surface area contributed by atoms with Crippen molar-refractivity contribution in [2.45, 2.75) is 25.0 Å². The average molecular weight is 393 g/mol. The summed E-state index contributed by atoms with van der Waals surface area (Å²) in [5.74, 6) is 2.24. The summed E-state index contributed by atoms with van der Waals surface area (Å²) in [6.45, 7) is 2.41. The highest BCUT2D eigenvalue weighted by atomic mass is 31.1. The van der Waals surface area contributed by atoms with Crippen molar-refractivity contribution in [1.82, 2.24) is 29.9 Å². The van der Waals surface area contributed by atoms with Crippen molar-refractivity contribution in [3.8, 4) is 5.88 Å². The molecule has 0 bridgehead atoms. The first-order valence-electron chi connectivity index (χ1n) is 8.44. The first kappa shape index (κ1) is 17.6. The summed E-state index contributed by atoms with van der Waals surface area (Å²) in [5, 5.41) is 14.5. The molecule has 0 radical (unpaired) electrons. The molecule has 26 heavy (non-hydrogen) atoms. The number of rotatable bonds is 6. The highest BCUT2D eigenvalue weighted by molar-refractivity contribution is 7.37. The normalized spacial score (nSPS) is 17.7. The SMILES string of the molecule is PC(P)Oc1cc(Nc2cnc3cnn(C[C@H]4CCCOC4)c3n2)n[nH]1. The molecule has 0 saturated carbocycles. The van der Waals surface area contributed by atoms with E-state index in [4.69, 9.17) is 9.47 Å². The molecule has 0 spiro atoms. The molecular formula is C15H21N7O2P2.